The van der Waals surface area contributed by atoms with Crippen molar-refractivity contribution in [2.75, 3.05) is 0 Å². The standard InChI is InChI=1S/C35H17N4O6/c1-20-12-26(16-37(3)34(20)42)25-14-30(44-4)28(31(15-25)45-5)19-38-17-23(21(38)2)8-6-22-7-9-24-18-39(35(43)27(24)13-22)29-10-11-32(40)36-33(29)41/h7,9,12-16H,1-5H2. The maximum Gasteiger partial charge on any atom is 0.278 e. The fraction of sp³-hybridized carbons (Fsp3) is 0. The van der Waals surface area contributed by atoms with Crippen molar-refractivity contribution in [1.82, 2.24) is 19.7 Å². The second-order valence-corrected chi connectivity index (χ2v) is 9.63. The molecule has 213 valence electrons. The molecule has 3 aliphatic heterocycles. The Morgan fingerprint density at radius 1 is 0.867 bits per heavy atom. The van der Waals surface area contributed by atoms with Gasteiger partial charge in [-0.3, -0.25) is 24.1 Å². The maximum absolute atomic E-state index is 13.0. The molecule has 2 aromatic carbocycles. The van der Waals surface area contributed by atoms with E-state index in [2.05, 4.69) is 84.7 Å². The number of hydrogen-bond acceptors (Lipinski definition) is 7. The molecule has 0 spiro atoms. The van der Waals surface area contributed by atoms with E-state index in [0.29, 0.717) is 51.3 Å². The van der Waals surface area contributed by atoms with Gasteiger partial charge in [-0.15, -0.1) is 0 Å². The van der Waals surface area contributed by atoms with Crippen LogP contribution in [-0.2, 0) is 9.59 Å². The number of amides is 3. The van der Waals surface area contributed by atoms with Gasteiger partial charge in [-0.2, -0.15) is 5.32 Å². The summed E-state index contributed by atoms with van der Waals surface area (Å²) in [6, 6.07) is 10.1. The van der Waals surface area contributed by atoms with Gasteiger partial charge in [-0.1, -0.05) is 17.9 Å². The molecule has 45 heavy (non-hydrogen) atoms. The molecule has 3 aromatic rings. The highest BCUT2D eigenvalue weighted by Crippen LogP contribution is 2.44. The summed E-state index contributed by atoms with van der Waals surface area (Å²) in [5, 5.41) is 3.27. The van der Waals surface area contributed by atoms with E-state index in [1.165, 1.54) is 9.47 Å². The number of piperidine rings is 1. The summed E-state index contributed by atoms with van der Waals surface area (Å²) in [7, 11) is 10.8. The van der Waals surface area contributed by atoms with E-state index in [9.17, 15) is 19.2 Å². The smallest absolute Gasteiger partial charge is 0.278 e. The number of carbonyl (C=O) groups is 3. The lowest BCUT2D eigenvalue weighted by Crippen LogP contribution is -2.43. The molecule has 0 bridgehead atoms. The van der Waals surface area contributed by atoms with Gasteiger partial charge in [0.05, 0.1) is 30.5 Å². The lowest BCUT2D eigenvalue weighted by molar-refractivity contribution is -0.130. The summed E-state index contributed by atoms with van der Waals surface area (Å²) < 4.78 is 11.9. The zero-order valence-corrected chi connectivity index (χ0v) is 23.3. The number of likely N-dealkylation sites (tertiary alicyclic amines) is 1. The Kier molecular flexibility index (Phi) is 7.97. The van der Waals surface area contributed by atoms with E-state index >= 15 is 0 Å². The molecule has 3 amide bonds. The van der Waals surface area contributed by atoms with Crippen LogP contribution < -0.4 is 20.3 Å². The van der Waals surface area contributed by atoms with Gasteiger partial charge in [0.1, 0.15) is 38.8 Å². The molecule has 19 radical (unpaired) electrons. The van der Waals surface area contributed by atoms with Crippen molar-refractivity contribution in [1.29, 1.82) is 0 Å². The van der Waals surface area contributed by atoms with Gasteiger partial charge in [0.15, 0.2) is 6.04 Å². The van der Waals surface area contributed by atoms with Crippen LogP contribution in [0.1, 0.15) is 32.6 Å². The van der Waals surface area contributed by atoms with Crippen molar-refractivity contribution < 1.29 is 23.9 Å². The average molecular weight is 590 g/mol. The van der Waals surface area contributed by atoms with E-state index in [1.807, 2.05) is 0 Å². The second kappa shape index (κ2) is 11.9. The van der Waals surface area contributed by atoms with Crippen LogP contribution in [0.15, 0.2) is 47.4 Å². The molecular weight excluding hydrogens is 572 g/mol. The highest BCUT2D eigenvalue weighted by molar-refractivity contribution is 6.14. The van der Waals surface area contributed by atoms with E-state index in [0.717, 1.165) is 4.90 Å². The first-order valence-electron chi connectivity index (χ1n) is 12.9. The van der Waals surface area contributed by atoms with Crippen molar-refractivity contribution in [3.63, 3.8) is 0 Å². The Morgan fingerprint density at radius 2 is 1.60 bits per heavy atom. The molecule has 0 unspecified atom stereocenters. The van der Waals surface area contributed by atoms with Crippen LogP contribution in [0.3, 0.4) is 0 Å². The van der Waals surface area contributed by atoms with Crippen LogP contribution in [0.2, 0.25) is 0 Å². The minimum Gasteiger partial charge on any atom is -0.490 e. The molecular formula is C35H17N4O6. The van der Waals surface area contributed by atoms with Gasteiger partial charge in [-0.05, 0) is 60.9 Å². The quantitative estimate of drug-likeness (QED) is 0.321. The minimum absolute atomic E-state index is 0.243. The molecule has 0 atom stereocenters. The van der Waals surface area contributed by atoms with Crippen molar-refractivity contribution in [2.45, 2.75) is 0 Å². The van der Waals surface area contributed by atoms with Gasteiger partial charge in [0.2, 0.25) is 0 Å². The van der Waals surface area contributed by atoms with Gasteiger partial charge in [0.25, 0.3) is 23.3 Å². The Balaban J connectivity index is 1.14. The molecule has 2 saturated heterocycles. The lowest BCUT2D eigenvalue weighted by atomic mass is 9.89. The van der Waals surface area contributed by atoms with Gasteiger partial charge >= 0.3 is 0 Å². The number of nitrogens with zero attached hydrogens (tertiary/aromatic N) is 4. The summed E-state index contributed by atoms with van der Waals surface area (Å²) >= 11 is 0. The fourth-order valence-electron chi connectivity index (χ4n) is 4.53. The van der Waals surface area contributed by atoms with Gasteiger partial charge < -0.3 is 18.9 Å². The second-order valence-electron chi connectivity index (χ2n) is 9.63. The number of pyridine rings is 1. The van der Waals surface area contributed by atoms with E-state index in [4.69, 9.17) is 9.47 Å². The van der Waals surface area contributed by atoms with E-state index in [-0.39, 0.29) is 22.7 Å². The Morgan fingerprint density at radius 3 is 2.24 bits per heavy atom. The normalized spacial score (nSPS) is 17.4. The molecule has 0 saturated carbocycles. The number of rotatable bonds is 6. The molecule has 3 aliphatic rings. The van der Waals surface area contributed by atoms with Crippen molar-refractivity contribution in [2.24, 2.45) is 0 Å². The minimum atomic E-state index is -0.898. The Labute approximate surface area is 261 Å². The topological polar surface area (TPSA) is 112 Å². The first-order valence-corrected chi connectivity index (χ1v) is 12.9. The van der Waals surface area contributed by atoms with Crippen molar-refractivity contribution in [3.8, 4) is 34.5 Å². The fourth-order valence-corrected chi connectivity index (χ4v) is 4.53. The first-order chi connectivity index (χ1) is 21.6. The number of fused-ring (bicyclic) bond motifs is 1. The van der Waals surface area contributed by atoms with E-state index in [1.54, 1.807) is 42.6 Å². The first kappa shape index (κ1) is 30.2. The zero-order valence-electron chi connectivity index (χ0n) is 23.3. The van der Waals surface area contributed by atoms with E-state index < -0.39 is 17.7 Å². The van der Waals surface area contributed by atoms with Crippen LogP contribution in [-0.4, -0.2) is 32.1 Å². The summed E-state index contributed by atoms with van der Waals surface area (Å²) in [5.74, 6) is 4.73. The summed E-state index contributed by atoms with van der Waals surface area (Å²) in [5.41, 5.74) is 2.84. The molecule has 4 heterocycles. The molecule has 0 N–H and O–H groups in total. The number of aromatic nitrogens is 1. The van der Waals surface area contributed by atoms with Crippen LogP contribution in [0.25, 0.3) is 11.1 Å². The largest absolute Gasteiger partial charge is 0.490 e. The SMILES string of the molecule is [CH2]Oc1cc(-c2cc([CH2])c(=O)n([CH2])c2)cc(O[CH2])c1[C]N1[C][C](C#Cc2ccc3c(c2)C(=O)N([C]2[C][C]C(=O)[N]C2=O)[C]3)[C]1[CH2]. The van der Waals surface area contributed by atoms with Crippen molar-refractivity contribution >= 4 is 17.7 Å². The summed E-state index contributed by atoms with van der Waals surface area (Å²) in [6.07, 6.45) is 6.09. The zero-order chi connectivity index (χ0) is 32.0. The van der Waals surface area contributed by atoms with Crippen LogP contribution in [0.4, 0.5) is 0 Å². The highest BCUT2D eigenvalue weighted by Gasteiger charge is 2.43. The molecule has 1 aromatic heterocycles. The monoisotopic (exact) mass is 589 g/mol. The third kappa shape index (κ3) is 5.60. The highest BCUT2D eigenvalue weighted by atomic mass is 16.5. The number of imide groups is 1. The Bertz CT molecular complexity index is 1800. The maximum atomic E-state index is 13.0. The molecule has 6 rings (SSSR count). The number of ether oxygens (including phenoxy) is 2. The summed E-state index contributed by atoms with van der Waals surface area (Å²) in [6.45, 7) is 16.7. The van der Waals surface area contributed by atoms with Gasteiger partial charge in [-0.25, -0.2) is 0 Å². The van der Waals surface area contributed by atoms with Crippen LogP contribution in [0, 0.1) is 97.4 Å². The lowest BCUT2D eigenvalue weighted by Gasteiger charge is -2.40. The molecule has 0 aliphatic carbocycles. The van der Waals surface area contributed by atoms with Crippen molar-refractivity contribution in [3.05, 3.63) is 166 Å². The summed E-state index contributed by atoms with van der Waals surface area (Å²) in [4.78, 5) is 50.7. The average Bonchev–Trinajstić information content (AvgIpc) is 3.35. The molecule has 2 fully saturated rings. The predicted octanol–water partition coefficient (Wildman–Crippen LogP) is 2.62. The van der Waals surface area contributed by atoms with Gasteiger partial charge in [0, 0.05) is 36.4 Å². The molecule has 10 heteroatoms. The number of carbonyl (C=O) groups excluding carboxylic acids is 3. The third-order valence-electron chi connectivity index (χ3n) is 6.81. The molecule has 10 nitrogen and oxygen atoms in total. The Hall–Kier alpha value is -4.88. The van der Waals surface area contributed by atoms with Crippen LogP contribution in [0.5, 0.6) is 11.5 Å². The predicted molar refractivity (Wildman–Crippen MR) is 156 cm³/mol. The third-order valence-corrected chi connectivity index (χ3v) is 6.81. The number of benzene rings is 2. The van der Waals surface area contributed by atoms with Crippen LogP contribution >= 0.6 is 0 Å². The number of hydrogen-bond donors (Lipinski definition) is 0.